The number of ether oxygens (including phenoxy) is 4. The van der Waals surface area contributed by atoms with Crippen molar-refractivity contribution >= 4 is 29.2 Å². The second-order valence-electron chi connectivity index (χ2n) is 5.83. The van der Waals surface area contributed by atoms with Crippen molar-refractivity contribution in [1.29, 1.82) is 0 Å². The molecule has 0 aromatic heterocycles. The third kappa shape index (κ3) is 5.53. The number of esters is 1. The number of benzene rings is 2. The molecule has 2 rings (SSSR count). The van der Waals surface area contributed by atoms with Crippen LogP contribution in [0.4, 0.5) is 5.69 Å². The number of hydrogen-bond donors (Lipinski definition) is 1. The SMILES string of the molecule is COc1ccc(CC(=O)O[C@@H](C)C(=O)Nc2ccc(OC)c(Cl)c2)c(OC)c1. The van der Waals surface area contributed by atoms with E-state index in [1.165, 1.54) is 21.1 Å². The minimum atomic E-state index is -0.988. The van der Waals surface area contributed by atoms with E-state index in [9.17, 15) is 9.59 Å². The Labute approximate surface area is 168 Å². The molecule has 0 bridgehead atoms. The summed E-state index contributed by atoms with van der Waals surface area (Å²) in [4.78, 5) is 24.5. The second kappa shape index (κ2) is 9.85. The van der Waals surface area contributed by atoms with Gasteiger partial charge in [0.15, 0.2) is 6.10 Å². The van der Waals surface area contributed by atoms with Crippen LogP contribution in [0.1, 0.15) is 12.5 Å². The molecule has 1 N–H and O–H groups in total. The largest absolute Gasteiger partial charge is 0.497 e. The first-order valence-corrected chi connectivity index (χ1v) is 8.80. The molecule has 7 nitrogen and oxygen atoms in total. The molecule has 0 saturated heterocycles. The first-order valence-electron chi connectivity index (χ1n) is 8.42. The molecule has 0 aliphatic rings. The van der Waals surface area contributed by atoms with E-state index in [2.05, 4.69) is 5.32 Å². The summed E-state index contributed by atoms with van der Waals surface area (Å²) in [6.45, 7) is 1.49. The van der Waals surface area contributed by atoms with Gasteiger partial charge in [0.05, 0.1) is 32.8 Å². The number of amides is 1. The molecule has 2 aromatic carbocycles. The zero-order chi connectivity index (χ0) is 20.7. The van der Waals surface area contributed by atoms with Crippen LogP contribution in [0.2, 0.25) is 5.02 Å². The summed E-state index contributed by atoms with van der Waals surface area (Å²) in [5, 5.41) is 3.00. The minimum Gasteiger partial charge on any atom is -0.497 e. The minimum absolute atomic E-state index is 0.0425. The van der Waals surface area contributed by atoms with Gasteiger partial charge < -0.3 is 24.3 Å². The van der Waals surface area contributed by atoms with Crippen LogP contribution in [0.3, 0.4) is 0 Å². The first-order chi connectivity index (χ1) is 13.4. The molecule has 150 valence electrons. The van der Waals surface area contributed by atoms with Gasteiger partial charge in [-0.15, -0.1) is 0 Å². The number of carbonyl (C=O) groups excluding carboxylic acids is 2. The monoisotopic (exact) mass is 407 g/mol. The maximum Gasteiger partial charge on any atom is 0.311 e. The molecule has 0 aliphatic carbocycles. The van der Waals surface area contributed by atoms with Crippen LogP contribution >= 0.6 is 11.6 Å². The molecule has 0 spiro atoms. The Morgan fingerprint density at radius 1 is 1.00 bits per heavy atom. The van der Waals surface area contributed by atoms with Crippen LogP contribution in [0.5, 0.6) is 17.2 Å². The summed E-state index contributed by atoms with van der Waals surface area (Å²) in [6.07, 6.45) is -1.03. The van der Waals surface area contributed by atoms with E-state index < -0.39 is 18.0 Å². The van der Waals surface area contributed by atoms with Crippen LogP contribution in [-0.4, -0.2) is 39.3 Å². The number of hydrogen-bond acceptors (Lipinski definition) is 6. The van der Waals surface area contributed by atoms with Gasteiger partial charge in [0, 0.05) is 17.3 Å². The van der Waals surface area contributed by atoms with Crippen molar-refractivity contribution in [1.82, 2.24) is 0 Å². The lowest BCUT2D eigenvalue weighted by molar-refractivity contribution is -0.152. The summed E-state index contributed by atoms with van der Waals surface area (Å²) >= 11 is 6.03. The predicted octanol–water partition coefficient (Wildman–Crippen LogP) is 3.48. The number of anilines is 1. The van der Waals surface area contributed by atoms with Gasteiger partial charge in [-0.1, -0.05) is 17.7 Å². The molecule has 0 fully saturated rings. The number of rotatable bonds is 8. The van der Waals surface area contributed by atoms with Gasteiger partial charge in [-0.3, -0.25) is 9.59 Å². The molecule has 8 heteroatoms. The summed E-state index contributed by atoms with van der Waals surface area (Å²) < 4.78 is 20.7. The van der Waals surface area contributed by atoms with E-state index in [0.29, 0.717) is 33.5 Å². The average Bonchev–Trinajstić information content (AvgIpc) is 2.68. The van der Waals surface area contributed by atoms with E-state index in [1.54, 1.807) is 43.5 Å². The third-order valence-electron chi connectivity index (χ3n) is 3.93. The summed E-state index contributed by atoms with van der Waals surface area (Å²) in [5.74, 6) is 0.573. The molecule has 0 radical (unpaired) electrons. The fourth-order valence-corrected chi connectivity index (χ4v) is 2.69. The Hall–Kier alpha value is -2.93. The zero-order valence-electron chi connectivity index (χ0n) is 16.1. The Bertz CT molecular complexity index is 855. The summed E-state index contributed by atoms with van der Waals surface area (Å²) in [6, 6.07) is 9.92. The van der Waals surface area contributed by atoms with Crippen molar-refractivity contribution in [2.24, 2.45) is 0 Å². The number of carbonyl (C=O) groups is 2. The average molecular weight is 408 g/mol. The molecule has 0 aliphatic heterocycles. The number of methoxy groups -OCH3 is 3. The van der Waals surface area contributed by atoms with Crippen LogP contribution in [0, 0.1) is 0 Å². The van der Waals surface area contributed by atoms with Crippen molar-refractivity contribution in [2.45, 2.75) is 19.4 Å². The summed E-state index contributed by atoms with van der Waals surface area (Å²) in [5.41, 5.74) is 1.10. The number of halogens is 1. The Kier molecular flexibility index (Phi) is 7.52. The van der Waals surface area contributed by atoms with Crippen molar-refractivity contribution in [3.8, 4) is 17.2 Å². The maximum absolute atomic E-state index is 12.3. The summed E-state index contributed by atoms with van der Waals surface area (Å²) in [7, 11) is 4.54. The van der Waals surface area contributed by atoms with E-state index in [4.69, 9.17) is 30.5 Å². The lowest BCUT2D eigenvalue weighted by atomic mass is 10.1. The smallest absolute Gasteiger partial charge is 0.311 e. The maximum atomic E-state index is 12.3. The second-order valence-corrected chi connectivity index (χ2v) is 6.23. The van der Waals surface area contributed by atoms with Gasteiger partial charge in [0.1, 0.15) is 17.2 Å². The number of nitrogens with one attached hydrogen (secondary N) is 1. The zero-order valence-corrected chi connectivity index (χ0v) is 16.8. The van der Waals surface area contributed by atoms with Crippen molar-refractivity contribution < 1.29 is 28.5 Å². The highest BCUT2D eigenvalue weighted by Crippen LogP contribution is 2.27. The van der Waals surface area contributed by atoms with Crippen molar-refractivity contribution in [3.63, 3.8) is 0 Å². The molecular weight excluding hydrogens is 386 g/mol. The molecule has 1 atom stereocenters. The van der Waals surface area contributed by atoms with Gasteiger partial charge in [0.25, 0.3) is 5.91 Å². The van der Waals surface area contributed by atoms with Crippen LogP contribution in [-0.2, 0) is 20.7 Å². The van der Waals surface area contributed by atoms with Crippen molar-refractivity contribution in [3.05, 3.63) is 47.0 Å². The lowest BCUT2D eigenvalue weighted by Gasteiger charge is -2.15. The van der Waals surface area contributed by atoms with E-state index >= 15 is 0 Å². The van der Waals surface area contributed by atoms with E-state index in [0.717, 1.165) is 0 Å². The van der Waals surface area contributed by atoms with Gasteiger partial charge >= 0.3 is 5.97 Å². The molecule has 0 saturated carbocycles. The standard InChI is InChI=1S/C20H22ClNO6/c1-12(20(24)22-14-6-8-17(26-3)16(21)10-14)28-19(23)9-13-5-7-15(25-2)11-18(13)27-4/h5-8,10-12H,9H2,1-4H3,(H,22,24)/t12-/m0/s1. The molecule has 2 aromatic rings. The van der Waals surface area contributed by atoms with Crippen molar-refractivity contribution in [2.75, 3.05) is 26.6 Å². The quantitative estimate of drug-likeness (QED) is 0.674. The first kappa shape index (κ1) is 21.4. The third-order valence-corrected chi connectivity index (χ3v) is 4.22. The topological polar surface area (TPSA) is 83.1 Å². The van der Waals surface area contributed by atoms with Crippen LogP contribution < -0.4 is 19.5 Å². The molecular formula is C20H22ClNO6. The Morgan fingerprint density at radius 2 is 1.71 bits per heavy atom. The predicted molar refractivity (Wildman–Crippen MR) is 105 cm³/mol. The van der Waals surface area contributed by atoms with Gasteiger partial charge in [-0.25, -0.2) is 0 Å². The molecule has 28 heavy (non-hydrogen) atoms. The normalized spacial score (nSPS) is 11.3. The highest BCUT2D eigenvalue weighted by molar-refractivity contribution is 6.32. The Morgan fingerprint density at radius 3 is 2.32 bits per heavy atom. The fourth-order valence-electron chi connectivity index (χ4n) is 2.43. The highest BCUT2D eigenvalue weighted by Gasteiger charge is 2.20. The lowest BCUT2D eigenvalue weighted by Crippen LogP contribution is -2.30. The van der Waals surface area contributed by atoms with Gasteiger partial charge in [-0.05, 0) is 31.2 Å². The van der Waals surface area contributed by atoms with Gasteiger partial charge in [-0.2, -0.15) is 0 Å². The molecule has 1 amide bonds. The van der Waals surface area contributed by atoms with Gasteiger partial charge in [0.2, 0.25) is 0 Å². The molecule has 0 unspecified atom stereocenters. The molecule has 0 heterocycles. The highest BCUT2D eigenvalue weighted by atomic mass is 35.5. The fraction of sp³-hybridized carbons (Fsp3) is 0.300. The Balaban J connectivity index is 1.96. The van der Waals surface area contributed by atoms with Crippen LogP contribution in [0.25, 0.3) is 0 Å². The van der Waals surface area contributed by atoms with E-state index in [-0.39, 0.29) is 6.42 Å². The van der Waals surface area contributed by atoms with E-state index in [1.807, 2.05) is 0 Å². The van der Waals surface area contributed by atoms with Crippen LogP contribution in [0.15, 0.2) is 36.4 Å².